The number of carbonyl (C=O) groups excluding carboxylic acids is 3. The Kier molecular flexibility index (Phi) is 7.63. The van der Waals surface area contributed by atoms with Gasteiger partial charge in [-0.2, -0.15) is 0 Å². The number of benzene rings is 2. The molecule has 158 valence electrons. The van der Waals surface area contributed by atoms with Gasteiger partial charge in [-0.15, -0.1) is 0 Å². The Bertz CT molecular complexity index is 906. The Morgan fingerprint density at radius 2 is 1.80 bits per heavy atom. The molecule has 2 aromatic rings. The van der Waals surface area contributed by atoms with Crippen LogP contribution < -0.4 is 10.1 Å². The highest BCUT2D eigenvalue weighted by Crippen LogP contribution is 2.19. The van der Waals surface area contributed by atoms with Crippen LogP contribution in [0.3, 0.4) is 0 Å². The minimum absolute atomic E-state index is 0.141. The van der Waals surface area contributed by atoms with Gasteiger partial charge in [0.05, 0.1) is 6.42 Å². The third kappa shape index (κ3) is 6.42. The van der Waals surface area contributed by atoms with Crippen molar-refractivity contribution in [1.29, 1.82) is 0 Å². The molecule has 3 rings (SSSR count). The van der Waals surface area contributed by atoms with E-state index in [1.54, 1.807) is 24.3 Å². The number of amides is 2. The fraction of sp³-hybridized carbons (Fsp3) is 0.348. The molecule has 1 N–H and O–H groups in total. The van der Waals surface area contributed by atoms with E-state index in [0.29, 0.717) is 43.3 Å². The number of halogens is 1. The predicted molar refractivity (Wildman–Crippen MR) is 117 cm³/mol. The molecule has 30 heavy (non-hydrogen) atoms. The zero-order valence-corrected chi connectivity index (χ0v) is 18.5. The summed E-state index contributed by atoms with van der Waals surface area (Å²) in [6, 6.07) is 14.4. The number of carbonyl (C=O) groups is 3. The first-order chi connectivity index (χ1) is 14.4. The number of nitrogens with zero attached hydrogens (tertiary/aromatic N) is 1. The molecule has 1 fully saturated rings. The second-order valence-corrected chi connectivity index (χ2v) is 8.37. The zero-order chi connectivity index (χ0) is 21.5. The molecule has 0 aromatic heterocycles. The molecule has 2 aromatic carbocycles. The van der Waals surface area contributed by atoms with Gasteiger partial charge in [0.1, 0.15) is 5.75 Å². The smallest absolute Gasteiger partial charge is 0.308 e. The second kappa shape index (κ2) is 10.4. The van der Waals surface area contributed by atoms with Gasteiger partial charge in [-0.25, -0.2) is 0 Å². The lowest BCUT2D eigenvalue weighted by Crippen LogP contribution is -2.42. The summed E-state index contributed by atoms with van der Waals surface area (Å²) in [6.45, 7) is 3.30. The van der Waals surface area contributed by atoms with E-state index >= 15 is 0 Å². The molecule has 0 spiro atoms. The second-order valence-electron chi connectivity index (χ2n) is 7.46. The Hall–Kier alpha value is -2.67. The van der Waals surface area contributed by atoms with E-state index in [-0.39, 0.29) is 11.8 Å². The first-order valence-corrected chi connectivity index (χ1v) is 10.8. The van der Waals surface area contributed by atoms with Crippen molar-refractivity contribution in [3.05, 3.63) is 64.1 Å². The summed E-state index contributed by atoms with van der Waals surface area (Å²) in [5.74, 6) is 0.212. The summed E-state index contributed by atoms with van der Waals surface area (Å²) in [4.78, 5) is 37.9. The topological polar surface area (TPSA) is 75.7 Å². The van der Waals surface area contributed by atoms with E-state index in [1.807, 2.05) is 29.2 Å². The van der Waals surface area contributed by atoms with Crippen LogP contribution in [0.4, 0.5) is 0 Å². The fourth-order valence-corrected chi connectivity index (χ4v) is 3.75. The fourth-order valence-electron chi connectivity index (χ4n) is 3.48. The molecule has 7 heteroatoms. The van der Waals surface area contributed by atoms with E-state index < -0.39 is 5.97 Å². The number of piperidine rings is 1. The molecule has 0 aliphatic carbocycles. The van der Waals surface area contributed by atoms with Gasteiger partial charge in [0.15, 0.2) is 0 Å². The normalized spacial score (nSPS) is 14.3. The van der Waals surface area contributed by atoms with Crippen molar-refractivity contribution in [3.63, 3.8) is 0 Å². The van der Waals surface area contributed by atoms with Gasteiger partial charge >= 0.3 is 5.97 Å². The zero-order valence-electron chi connectivity index (χ0n) is 16.9. The molecule has 0 bridgehead atoms. The molecular weight excluding hydrogens is 448 g/mol. The van der Waals surface area contributed by atoms with Crippen molar-refractivity contribution < 1.29 is 19.1 Å². The van der Waals surface area contributed by atoms with E-state index in [9.17, 15) is 14.4 Å². The van der Waals surface area contributed by atoms with Gasteiger partial charge in [-0.3, -0.25) is 14.4 Å². The Morgan fingerprint density at radius 3 is 2.47 bits per heavy atom. The van der Waals surface area contributed by atoms with Crippen molar-refractivity contribution in [2.45, 2.75) is 26.2 Å². The molecule has 0 atom stereocenters. The highest BCUT2D eigenvalue weighted by Gasteiger charge is 2.23. The molecule has 2 amide bonds. The van der Waals surface area contributed by atoms with Crippen molar-refractivity contribution in [2.24, 2.45) is 5.92 Å². The SMILES string of the molecule is CC(=O)Oc1cccc(C(=O)NCC2CCN(C(=O)Cc3ccc(Br)cc3)CC2)c1. The molecular formula is C23H25BrN2O4. The van der Waals surface area contributed by atoms with Crippen LogP contribution in [0.1, 0.15) is 35.7 Å². The molecule has 6 nitrogen and oxygen atoms in total. The third-order valence-electron chi connectivity index (χ3n) is 5.14. The summed E-state index contributed by atoms with van der Waals surface area (Å²) in [5, 5.41) is 2.95. The van der Waals surface area contributed by atoms with Crippen LogP contribution >= 0.6 is 15.9 Å². The maximum Gasteiger partial charge on any atom is 0.308 e. The van der Waals surface area contributed by atoms with Crippen LogP contribution in [0, 0.1) is 5.92 Å². The van der Waals surface area contributed by atoms with E-state index in [1.165, 1.54) is 6.92 Å². The van der Waals surface area contributed by atoms with Crippen LogP contribution in [0.5, 0.6) is 5.75 Å². The van der Waals surface area contributed by atoms with Gasteiger partial charge in [-0.1, -0.05) is 34.1 Å². The minimum atomic E-state index is -0.422. The number of nitrogens with one attached hydrogen (secondary N) is 1. The van der Waals surface area contributed by atoms with Crippen molar-refractivity contribution >= 4 is 33.7 Å². The van der Waals surface area contributed by atoms with Gasteiger partial charge in [0.25, 0.3) is 5.91 Å². The van der Waals surface area contributed by atoms with E-state index in [4.69, 9.17) is 4.74 Å². The van der Waals surface area contributed by atoms with Gasteiger partial charge in [-0.05, 0) is 54.7 Å². The summed E-state index contributed by atoms with van der Waals surface area (Å²) >= 11 is 3.40. The molecule has 1 heterocycles. The Morgan fingerprint density at radius 1 is 1.10 bits per heavy atom. The van der Waals surface area contributed by atoms with Crippen molar-refractivity contribution in [3.8, 4) is 5.75 Å². The highest BCUT2D eigenvalue weighted by atomic mass is 79.9. The quantitative estimate of drug-likeness (QED) is 0.514. The lowest BCUT2D eigenvalue weighted by molar-refractivity contribution is -0.132. The lowest BCUT2D eigenvalue weighted by Gasteiger charge is -2.32. The maximum absolute atomic E-state index is 12.5. The van der Waals surface area contributed by atoms with Crippen LogP contribution in [0.2, 0.25) is 0 Å². The molecule has 0 saturated carbocycles. The molecule has 1 aliphatic heterocycles. The third-order valence-corrected chi connectivity index (χ3v) is 5.67. The Labute approximate surface area is 184 Å². The monoisotopic (exact) mass is 472 g/mol. The van der Waals surface area contributed by atoms with Crippen LogP contribution in [0.25, 0.3) is 0 Å². The average Bonchev–Trinajstić information content (AvgIpc) is 2.73. The molecule has 1 saturated heterocycles. The summed E-state index contributed by atoms with van der Waals surface area (Å²) in [7, 11) is 0. The first kappa shape index (κ1) is 22.0. The number of hydrogen-bond donors (Lipinski definition) is 1. The summed E-state index contributed by atoms with van der Waals surface area (Å²) in [5.41, 5.74) is 1.46. The first-order valence-electron chi connectivity index (χ1n) is 9.99. The summed E-state index contributed by atoms with van der Waals surface area (Å²) in [6.07, 6.45) is 2.13. The van der Waals surface area contributed by atoms with Crippen LogP contribution in [0.15, 0.2) is 53.0 Å². The average molecular weight is 473 g/mol. The number of ether oxygens (including phenoxy) is 1. The van der Waals surface area contributed by atoms with Crippen LogP contribution in [-0.4, -0.2) is 42.3 Å². The number of rotatable bonds is 6. The highest BCUT2D eigenvalue weighted by molar-refractivity contribution is 9.10. The van der Waals surface area contributed by atoms with E-state index in [2.05, 4.69) is 21.2 Å². The lowest BCUT2D eigenvalue weighted by atomic mass is 9.96. The summed E-state index contributed by atoms with van der Waals surface area (Å²) < 4.78 is 6.02. The minimum Gasteiger partial charge on any atom is -0.427 e. The standard InChI is InChI=1S/C23H25BrN2O4/c1-16(27)30-21-4-2-3-19(14-21)23(29)25-15-18-9-11-26(12-10-18)22(28)13-17-5-7-20(24)8-6-17/h2-8,14,18H,9-13,15H2,1H3,(H,25,29). The van der Waals surface area contributed by atoms with Gasteiger partial charge in [0.2, 0.25) is 5.91 Å². The number of hydrogen-bond acceptors (Lipinski definition) is 4. The maximum atomic E-state index is 12.5. The number of esters is 1. The molecule has 0 unspecified atom stereocenters. The van der Waals surface area contributed by atoms with Crippen molar-refractivity contribution in [2.75, 3.05) is 19.6 Å². The Balaban J connectivity index is 1.43. The predicted octanol–water partition coefficient (Wildman–Crippen LogP) is 3.59. The van der Waals surface area contributed by atoms with Gasteiger partial charge in [0, 0.05) is 36.6 Å². The van der Waals surface area contributed by atoms with E-state index in [0.717, 1.165) is 22.9 Å². The van der Waals surface area contributed by atoms with Gasteiger partial charge < -0.3 is 15.0 Å². The number of likely N-dealkylation sites (tertiary alicyclic amines) is 1. The van der Waals surface area contributed by atoms with Crippen LogP contribution in [-0.2, 0) is 16.0 Å². The molecule has 1 aliphatic rings. The largest absolute Gasteiger partial charge is 0.427 e. The molecule has 0 radical (unpaired) electrons. The van der Waals surface area contributed by atoms with Crippen molar-refractivity contribution in [1.82, 2.24) is 10.2 Å².